The molecule has 0 saturated heterocycles. The molecule has 0 bridgehead atoms. The van der Waals surface area contributed by atoms with E-state index in [4.69, 9.17) is 5.73 Å². The number of anilines is 3. The third-order valence-electron chi connectivity index (χ3n) is 2.67. The van der Waals surface area contributed by atoms with Gasteiger partial charge in [-0.3, -0.25) is 0 Å². The minimum Gasteiger partial charge on any atom is -0.399 e. The van der Waals surface area contributed by atoms with Crippen molar-refractivity contribution in [1.82, 2.24) is 9.97 Å². The van der Waals surface area contributed by atoms with Crippen molar-refractivity contribution >= 4 is 17.1 Å². The van der Waals surface area contributed by atoms with Crippen molar-refractivity contribution in [3.8, 4) is 0 Å². The molecule has 1 aromatic heterocycles. The molecular weight excluding hydrogens is 200 g/mol. The number of hydrogen-bond donors (Lipinski definition) is 2. The van der Waals surface area contributed by atoms with Crippen LogP contribution in [0.15, 0.2) is 30.9 Å². The highest BCUT2D eigenvalue weighted by molar-refractivity contribution is 5.68. The monoisotopic (exact) mass is 214 g/mol. The topological polar surface area (TPSA) is 63.8 Å². The van der Waals surface area contributed by atoms with Crippen LogP contribution in [-0.2, 0) is 0 Å². The van der Waals surface area contributed by atoms with Crippen molar-refractivity contribution in [3.05, 3.63) is 42.0 Å². The maximum atomic E-state index is 5.83. The Morgan fingerprint density at radius 2 is 1.75 bits per heavy atom. The molecule has 1 aromatic carbocycles. The zero-order valence-corrected chi connectivity index (χ0v) is 9.36. The molecule has 0 spiro atoms. The van der Waals surface area contributed by atoms with E-state index in [1.165, 1.54) is 6.33 Å². The molecule has 0 radical (unpaired) electrons. The summed E-state index contributed by atoms with van der Waals surface area (Å²) >= 11 is 0. The van der Waals surface area contributed by atoms with Crippen LogP contribution >= 0.6 is 0 Å². The highest BCUT2D eigenvalue weighted by Gasteiger charge is 2.04. The van der Waals surface area contributed by atoms with Gasteiger partial charge in [-0.05, 0) is 37.1 Å². The molecule has 0 aliphatic carbocycles. The minimum atomic E-state index is 0.812. The zero-order chi connectivity index (χ0) is 11.5. The van der Waals surface area contributed by atoms with E-state index in [1.54, 1.807) is 12.4 Å². The van der Waals surface area contributed by atoms with Gasteiger partial charge in [0.2, 0.25) is 0 Å². The second-order valence-electron chi connectivity index (χ2n) is 3.70. The maximum Gasteiger partial charge on any atom is 0.115 e. The van der Waals surface area contributed by atoms with Gasteiger partial charge < -0.3 is 11.1 Å². The average Bonchev–Trinajstić information content (AvgIpc) is 2.31. The van der Waals surface area contributed by atoms with Crippen LogP contribution in [0.2, 0.25) is 0 Å². The van der Waals surface area contributed by atoms with Crippen molar-refractivity contribution in [3.63, 3.8) is 0 Å². The highest BCUT2D eigenvalue weighted by atomic mass is 14.9. The summed E-state index contributed by atoms with van der Waals surface area (Å²) in [5.41, 5.74) is 10.8. The molecule has 1 heterocycles. The van der Waals surface area contributed by atoms with Gasteiger partial charge in [-0.2, -0.15) is 0 Å². The van der Waals surface area contributed by atoms with Crippen molar-refractivity contribution in [2.75, 3.05) is 11.1 Å². The largest absolute Gasteiger partial charge is 0.399 e. The van der Waals surface area contributed by atoms with Gasteiger partial charge in [-0.1, -0.05) is 0 Å². The molecule has 2 aromatic rings. The van der Waals surface area contributed by atoms with E-state index in [-0.39, 0.29) is 0 Å². The second kappa shape index (κ2) is 4.18. The third kappa shape index (κ3) is 1.95. The number of nitrogens with two attached hydrogens (primary N) is 1. The van der Waals surface area contributed by atoms with Gasteiger partial charge in [-0.15, -0.1) is 0 Å². The number of nitrogen functional groups attached to an aromatic ring is 1. The first kappa shape index (κ1) is 10.4. The Kier molecular flexibility index (Phi) is 2.72. The lowest BCUT2D eigenvalue weighted by molar-refractivity contribution is 1.17. The Balaban J connectivity index is 2.33. The lowest BCUT2D eigenvalue weighted by Crippen LogP contribution is -1.98. The molecule has 2 rings (SSSR count). The van der Waals surface area contributed by atoms with Crippen LogP contribution in [0.4, 0.5) is 17.1 Å². The Labute approximate surface area is 94.5 Å². The van der Waals surface area contributed by atoms with Crippen LogP contribution in [-0.4, -0.2) is 9.97 Å². The molecular formula is C12H14N4. The van der Waals surface area contributed by atoms with E-state index >= 15 is 0 Å². The molecule has 0 fully saturated rings. The van der Waals surface area contributed by atoms with E-state index in [1.807, 2.05) is 26.0 Å². The van der Waals surface area contributed by atoms with Gasteiger partial charge in [0.15, 0.2) is 0 Å². The fourth-order valence-electron chi connectivity index (χ4n) is 1.50. The summed E-state index contributed by atoms with van der Waals surface area (Å²) in [7, 11) is 0. The van der Waals surface area contributed by atoms with Crippen LogP contribution in [0.3, 0.4) is 0 Å². The van der Waals surface area contributed by atoms with Gasteiger partial charge in [-0.25, -0.2) is 9.97 Å². The molecule has 82 valence electrons. The molecule has 0 aliphatic heterocycles. The summed E-state index contributed by atoms with van der Waals surface area (Å²) in [5.74, 6) is 0. The first-order chi connectivity index (χ1) is 7.68. The Morgan fingerprint density at radius 1 is 1.06 bits per heavy atom. The molecule has 4 heteroatoms. The van der Waals surface area contributed by atoms with E-state index in [0.29, 0.717) is 0 Å². The Morgan fingerprint density at radius 3 is 2.44 bits per heavy atom. The fourth-order valence-corrected chi connectivity index (χ4v) is 1.50. The number of benzene rings is 1. The normalized spacial score (nSPS) is 10.1. The van der Waals surface area contributed by atoms with Gasteiger partial charge in [0, 0.05) is 11.4 Å². The number of rotatable bonds is 2. The van der Waals surface area contributed by atoms with E-state index in [0.717, 1.165) is 28.2 Å². The van der Waals surface area contributed by atoms with Crippen LogP contribution in [0, 0.1) is 13.8 Å². The highest BCUT2D eigenvalue weighted by Crippen LogP contribution is 2.25. The first-order valence-corrected chi connectivity index (χ1v) is 5.06. The lowest BCUT2D eigenvalue weighted by atomic mass is 10.1. The SMILES string of the molecule is Cc1c(N)ccc(Nc2cncnc2)c1C. The molecule has 0 amide bonds. The first-order valence-electron chi connectivity index (χ1n) is 5.06. The summed E-state index contributed by atoms with van der Waals surface area (Å²) in [5, 5.41) is 3.26. The number of nitrogens with zero attached hydrogens (tertiary/aromatic N) is 2. The third-order valence-corrected chi connectivity index (χ3v) is 2.67. The maximum absolute atomic E-state index is 5.83. The molecule has 0 atom stereocenters. The summed E-state index contributed by atoms with van der Waals surface area (Å²) in [6.07, 6.45) is 4.97. The Bertz CT molecular complexity index is 494. The lowest BCUT2D eigenvalue weighted by Gasteiger charge is -2.12. The van der Waals surface area contributed by atoms with Crippen LogP contribution in [0.25, 0.3) is 0 Å². The van der Waals surface area contributed by atoms with Gasteiger partial charge in [0.25, 0.3) is 0 Å². The van der Waals surface area contributed by atoms with Gasteiger partial charge in [0.05, 0.1) is 18.1 Å². The second-order valence-corrected chi connectivity index (χ2v) is 3.70. The summed E-state index contributed by atoms with van der Waals surface area (Å²) in [6, 6.07) is 3.86. The van der Waals surface area contributed by atoms with Crippen molar-refractivity contribution in [2.45, 2.75) is 13.8 Å². The summed E-state index contributed by atoms with van der Waals surface area (Å²) in [4.78, 5) is 7.90. The molecule has 0 saturated carbocycles. The van der Waals surface area contributed by atoms with E-state index in [9.17, 15) is 0 Å². The summed E-state index contributed by atoms with van der Waals surface area (Å²) < 4.78 is 0. The molecule has 16 heavy (non-hydrogen) atoms. The molecule has 0 aliphatic rings. The van der Waals surface area contributed by atoms with E-state index < -0.39 is 0 Å². The predicted octanol–water partition coefficient (Wildman–Crippen LogP) is 2.42. The van der Waals surface area contributed by atoms with Crippen molar-refractivity contribution in [1.29, 1.82) is 0 Å². The standard InChI is InChI=1S/C12H14N4/c1-8-9(2)12(4-3-11(8)13)16-10-5-14-7-15-6-10/h3-7,16H,13H2,1-2H3. The van der Waals surface area contributed by atoms with Crippen LogP contribution < -0.4 is 11.1 Å². The molecule has 4 nitrogen and oxygen atoms in total. The van der Waals surface area contributed by atoms with Gasteiger partial charge in [0.1, 0.15) is 6.33 Å². The van der Waals surface area contributed by atoms with Crippen LogP contribution in [0.1, 0.15) is 11.1 Å². The minimum absolute atomic E-state index is 0.812. The average molecular weight is 214 g/mol. The molecule has 3 N–H and O–H groups in total. The van der Waals surface area contributed by atoms with Crippen molar-refractivity contribution < 1.29 is 0 Å². The Hall–Kier alpha value is -2.10. The van der Waals surface area contributed by atoms with Crippen LogP contribution in [0.5, 0.6) is 0 Å². The molecule has 0 unspecified atom stereocenters. The number of nitrogens with one attached hydrogen (secondary N) is 1. The van der Waals surface area contributed by atoms with E-state index in [2.05, 4.69) is 15.3 Å². The predicted molar refractivity (Wildman–Crippen MR) is 65.6 cm³/mol. The quantitative estimate of drug-likeness (QED) is 0.753. The number of hydrogen-bond acceptors (Lipinski definition) is 4. The zero-order valence-electron chi connectivity index (χ0n) is 9.36. The fraction of sp³-hybridized carbons (Fsp3) is 0.167. The van der Waals surface area contributed by atoms with Crippen molar-refractivity contribution in [2.24, 2.45) is 0 Å². The summed E-state index contributed by atoms with van der Waals surface area (Å²) in [6.45, 7) is 4.05. The van der Waals surface area contributed by atoms with Gasteiger partial charge >= 0.3 is 0 Å². The number of aromatic nitrogens is 2. The smallest absolute Gasteiger partial charge is 0.115 e.